The molecular formula is C17H14N2. The van der Waals surface area contributed by atoms with Gasteiger partial charge in [-0.2, -0.15) is 0 Å². The molecule has 0 spiro atoms. The van der Waals surface area contributed by atoms with Crippen LogP contribution in [0.15, 0.2) is 73.1 Å². The summed E-state index contributed by atoms with van der Waals surface area (Å²) in [6, 6.07) is 20.4. The van der Waals surface area contributed by atoms with Gasteiger partial charge in [-0.05, 0) is 11.6 Å². The highest BCUT2D eigenvalue weighted by Crippen LogP contribution is 2.17. The summed E-state index contributed by atoms with van der Waals surface area (Å²) in [4.78, 5) is 4.41. The average Bonchev–Trinajstić information content (AvgIpc) is 2.95. The highest BCUT2D eigenvalue weighted by Gasteiger charge is 2.02. The molecule has 2 heteroatoms. The molecule has 2 aromatic carbocycles. The van der Waals surface area contributed by atoms with E-state index in [2.05, 4.69) is 35.3 Å². The molecule has 0 saturated heterocycles. The van der Waals surface area contributed by atoms with Crippen molar-refractivity contribution in [2.24, 2.45) is 0 Å². The first-order chi connectivity index (χ1) is 9.43. The second kappa shape index (κ2) is 5.36. The minimum absolute atomic E-state index is 0.952. The minimum atomic E-state index is 0.952. The van der Waals surface area contributed by atoms with E-state index in [4.69, 9.17) is 0 Å². The van der Waals surface area contributed by atoms with Gasteiger partial charge in [-0.3, -0.25) is 0 Å². The van der Waals surface area contributed by atoms with Crippen LogP contribution in [-0.2, 0) is 0 Å². The Morgan fingerprint density at radius 1 is 0.842 bits per heavy atom. The van der Waals surface area contributed by atoms with Crippen molar-refractivity contribution < 1.29 is 0 Å². The van der Waals surface area contributed by atoms with Gasteiger partial charge in [0.05, 0.1) is 0 Å². The van der Waals surface area contributed by atoms with Crippen LogP contribution >= 0.6 is 0 Å². The van der Waals surface area contributed by atoms with E-state index in [-0.39, 0.29) is 0 Å². The summed E-state index contributed by atoms with van der Waals surface area (Å²) in [6.45, 7) is 0. The fraction of sp³-hybridized carbons (Fsp3) is 0. The number of hydrogen-bond donors (Lipinski definition) is 0. The van der Waals surface area contributed by atoms with Gasteiger partial charge in [0.15, 0.2) is 0 Å². The van der Waals surface area contributed by atoms with Crippen LogP contribution in [0.1, 0.15) is 5.56 Å². The van der Waals surface area contributed by atoms with Crippen LogP contribution in [0.2, 0.25) is 0 Å². The molecule has 0 aliphatic rings. The topological polar surface area (TPSA) is 17.8 Å². The quantitative estimate of drug-likeness (QED) is 0.678. The number of aromatic nitrogens is 2. The fourth-order valence-electron chi connectivity index (χ4n) is 1.97. The summed E-state index contributed by atoms with van der Waals surface area (Å²) < 4.78 is 2.03. The van der Waals surface area contributed by atoms with Crippen molar-refractivity contribution in [2.45, 2.75) is 0 Å². The van der Waals surface area contributed by atoms with Crippen LogP contribution in [0.25, 0.3) is 23.7 Å². The Kier molecular flexibility index (Phi) is 3.24. The predicted octanol–water partition coefficient (Wildman–Crippen LogP) is 4.18. The van der Waals surface area contributed by atoms with Gasteiger partial charge in [-0.25, -0.2) is 4.98 Å². The molecule has 92 valence electrons. The SMILES string of the molecule is C(=C\n1ccnc1-c1ccccc1)/c1ccccc1. The van der Waals surface area contributed by atoms with Crippen molar-refractivity contribution in [1.29, 1.82) is 0 Å². The van der Waals surface area contributed by atoms with Crippen LogP contribution < -0.4 is 0 Å². The first-order valence-corrected chi connectivity index (χ1v) is 6.25. The van der Waals surface area contributed by atoms with E-state index >= 15 is 0 Å². The summed E-state index contributed by atoms with van der Waals surface area (Å²) >= 11 is 0. The lowest BCUT2D eigenvalue weighted by atomic mass is 10.2. The normalized spacial score (nSPS) is 10.9. The molecule has 0 fully saturated rings. The molecule has 1 heterocycles. The Labute approximate surface area is 112 Å². The van der Waals surface area contributed by atoms with Crippen LogP contribution in [0, 0.1) is 0 Å². The van der Waals surface area contributed by atoms with E-state index in [1.807, 2.05) is 59.6 Å². The van der Waals surface area contributed by atoms with Gasteiger partial charge in [0.2, 0.25) is 0 Å². The lowest BCUT2D eigenvalue weighted by Gasteiger charge is -2.02. The van der Waals surface area contributed by atoms with Crippen molar-refractivity contribution in [3.8, 4) is 11.4 Å². The average molecular weight is 246 g/mol. The molecule has 19 heavy (non-hydrogen) atoms. The Hall–Kier alpha value is -2.61. The second-order valence-corrected chi connectivity index (χ2v) is 4.25. The van der Waals surface area contributed by atoms with Gasteiger partial charge in [-0.1, -0.05) is 60.7 Å². The summed E-state index contributed by atoms with van der Waals surface area (Å²) in [5.74, 6) is 0.952. The van der Waals surface area contributed by atoms with E-state index in [0.717, 1.165) is 11.4 Å². The van der Waals surface area contributed by atoms with Gasteiger partial charge in [0, 0.05) is 24.2 Å². The molecule has 0 aliphatic heterocycles. The molecule has 0 unspecified atom stereocenters. The maximum absolute atomic E-state index is 4.41. The third kappa shape index (κ3) is 2.63. The van der Waals surface area contributed by atoms with Gasteiger partial charge in [0.1, 0.15) is 5.82 Å². The zero-order valence-electron chi connectivity index (χ0n) is 10.5. The van der Waals surface area contributed by atoms with Crippen molar-refractivity contribution >= 4 is 12.3 Å². The number of hydrogen-bond acceptors (Lipinski definition) is 1. The van der Waals surface area contributed by atoms with Crippen LogP contribution in [0.3, 0.4) is 0 Å². The van der Waals surface area contributed by atoms with Gasteiger partial charge < -0.3 is 4.57 Å². The minimum Gasteiger partial charge on any atom is -0.307 e. The lowest BCUT2D eigenvalue weighted by molar-refractivity contribution is 1.15. The maximum atomic E-state index is 4.41. The zero-order chi connectivity index (χ0) is 12.9. The molecule has 0 saturated carbocycles. The zero-order valence-corrected chi connectivity index (χ0v) is 10.5. The van der Waals surface area contributed by atoms with E-state index in [0.29, 0.717) is 0 Å². The van der Waals surface area contributed by atoms with Crippen LogP contribution in [0.5, 0.6) is 0 Å². The lowest BCUT2D eigenvalue weighted by Crippen LogP contribution is -1.89. The van der Waals surface area contributed by atoms with Crippen molar-refractivity contribution in [3.05, 3.63) is 78.6 Å². The summed E-state index contributed by atoms with van der Waals surface area (Å²) in [7, 11) is 0. The Morgan fingerprint density at radius 2 is 1.53 bits per heavy atom. The fourth-order valence-corrected chi connectivity index (χ4v) is 1.97. The molecule has 2 nitrogen and oxygen atoms in total. The summed E-state index contributed by atoms with van der Waals surface area (Å²) in [6.07, 6.45) is 7.89. The number of rotatable bonds is 3. The maximum Gasteiger partial charge on any atom is 0.143 e. The van der Waals surface area contributed by atoms with Crippen LogP contribution in [0.4, 0.5) is 0 Å². The highest BCUT2D eigenvalue weighted by molar-refractivity contribution is 5.65. The molecule has 0 aliphatic carbocycles. The predicted molar refractivity (Wildman–Crippen MR) is 79.3 cm³/mol. The van der Waals surface area contributed by atoms with Crippen molar-refractivity contribution in [1.82, 2.24) is 9.55 Å². The molecule has 0 amide bonds. The standard InChI is InChI=1S/C17H14N2/c1-3-7-15(8-4-1)11-13-19-14-12-18-17(19)16-9-5-2-6-10-16/h1-14H/b13-11+. The number of imidazole rings is 1. The van der Waals surface area contributed by atoms with Crippen molar-refractivity contribution in [3.63, 3.8) is 0 Å². The molecule has 1 aromatic heterocycles. The highest BCUT2D eigenvalue weighted by atomic mass is 15.0. The summed E-state index contributed by atoms with van der Waals surface area (Å²) in [5, 5.41) is 0. The van der Waals surface area contributed by atoms with E-state index in [1.165, 1.54) is 5.56 Å². The molecule has 0 bridgehead atoms. The smallest absolute Gasteiger partial charge is 0.143 e. The largest absolute Gasteiger partial charge is 0.307 e. The molecule has 0 radical (unpaired) electrons. The first-order valence-electron chi connectivity index (χ1n) is 6.25. The monoisotopic (exact) mass is 246 g/mol. The van der Waals surface area contributed by atoms with E-state index < -0.39 is 0 Å². The number of nitrogens with zero attached hydrogens (tertiary/aromatic N) is 2. The Bertz CT molecular complexity index is 667. The first kappa shape index (κ1) is 11.5. The van der Waals surface area contributed by atoms with Gasteiger partial charge >= 0.3 is 0 Å². The van der Waals surface area contributed by atoms with Crippen molar-refractivity contribution in [2.75, 3.05) is 0 Å². The molecule has 3 rings (SSSR count). The third-order valence-corrected chi connectivity index (χ3v) is 2.93. The Morgan fingerprint density at radius 3 is 2.26 bits per heavy atom. The van der Waals surface area contributed by atoms with E-state index in [1.54, 1.807) is 0 Å². The third-order valence-electron chi connectivity index (χ3n) is 2.93. The van der Waals surface area contributed by atoms with E-state index in [9.17, 15) is 0 Å². The number of benzene rings is 2. The molecule has 0 atom stereocenters. The second-order valence-electron chi connectivity index (χ2n) is 4.25. The molecule has 0 N–H and O–H groups in total. The van der Waals surface area contributed by atoms with Gasteiger partial charge in [-0.15, -0.1) is 0 Å². The molecule has 3 aromatic rings. The van der Waals surface area contributed by atoms with Gasteiger partial charge in [0.25, 0.3) is 0 Å². The van der Waals surface area contributed by atoms with Crippen LogP contribution in [-0.4, -0.2) is 9.55 Å². The molecular weight excluding hydrogens is 232 g/mol. The summed E-state index contributed by atoms with van der Waals surface area (Å²) in [5.41, 5.74) is 2.29. The Balaban J connectivity index is 1.91.